The van der Waals surface area contributed by atoms with E-state index in [2.05, 4.69) is 23.8 Å². The van der Waals surface area contributed by atoms with E-state index in [0.29, 0.717) is 6.61 Å². The first-order valence-electron chi connectivity index (χ1n) is 7.49. The Hall–Kier alpha value is -0.380. The van der Waals surface area contributed by atoms with Crippen LogP contribution < -0.4 is 0 Å². The summed E-state index contributed by atoms with van der Waals surface area (Å²) < 4.78 is 6.00. The monoisotopic (exact) mass is 282 g/mol. The van der Waals surface area contributed by atoms with E-state index in [1.54, 1.807) is 11.3 Å². The average molecular weight is 282 g/mol. The molecule has 1 fully saturated rings. The number of rotatable bonds is 6. The summed E-state index contributed by atoms with van der Waals surface area (Å²) in [5, 5.41) is 14.9. The molecule has 1 N–H and O–H groups in total. The van der Waals surface area contributed by atoms with Crippen LogP contribution in [0.25, 0.3) is 0 Å². The highest BCUT2D eigenvalue weighted by atomic mass is 32.1. The second-order valence-electron chi connectivity index (χ2n) is 5.87. The number of aliphatic hydroxyl groups is 1. The summed E-state index contributed by atoms with van der Waals surface area (Å²) in [7, 11) is 0. The van der Waals surface area contributed by atoms with Gasteiger partial charge < -0.3 is 9.84 Å². The number of hydrogen-bond acceptors (Lipinski definition) is 3. The third-order valence-corrected chi connectivity index (χ3v) is 5.18. The van der Waals surface area contributed by atoms with Crippen LogP contribution in [0.2, 0.25) is 0 Å². The first-order valence-corrected chi connectivity index (χ1v) is 8.43. The van der Waals surface area contributed by atoms with Gasteiger partial charge in [0.15, 0.2) is 0 Å². The molecule has 108 valence electrons. The van der Waals surface area contributed by atoms with Gasteiger partial charge in [-0.05, 0) is 73.8 Å². The highest BCUT2D eigenvalue weighted by molar-refractivity contribution is 7.07. The van der Waals surface area contributed by atoms with Gasteiger partial charge >= 0.3 is 0 Å². The van der Waals surface area contributed by atoms with Crippen molar-refractivity contribution in [2.24, 2.45) is 5.92 Å². The largest absolute Gasteiger partial charge is 0.390 e. The van der Waals surface area contributed by atoms with Crippen molar-refractivity contribution in [2.45, 2.75) is 64.1 Å². The van der Waals surface area contributed by atoms with Crippen LogP contribution in [0.4, 0.5) is 0 Å². The van der Waals surface area contributed by atoms with E-state index in [1.807, 2.05) is 6.92 Å². The van der Waals surface area contributed by atoms with Crippen molar-refractivity contribution in [3.8, 4) is 0 Å². The van der Waals surface area contributed by atoms with Crippen LogP contribution >= 0.6 is 11.3 Å². The predicted molar refractivity (Wildman–Crippen MR) is 80.6 cm³/mol. The molecule has 1 atom stereocenters. The van der Waals surface area contributed by atoms with Gasteiger partial charge in [0.05, 0.1) is 11.7 Å². The van der Waals surface area contributed by atoms with Crippen LogP contribution in [-0.4, -0.2) is 23.4 Å². The van der Waals surface area contributed by atoms with Crippen molar-refractivity contribution < 1.29 is 9.84 Å². The molecule has 0 bridgehead atoms. The minimum atomic E-state index is -0.333. The van der Waals surface area contributed by atoms with Gasteiger partial charge in [0, 0.05) is 6.61 Å². The molecule has 1 aromatic heterocycles. The Kier molecular flexibility index (Phi) is 5.43. The molecule has 1 heterocycles. The second kappa shape index (κ2) is 6.87. The van der Waals surface area contributed by atoms with Gasteiger partial charge in [-0.15, -0.1) is 0 Å². The van der Waals surface area contributed by atoms with Crippen molar-refractivity contribution in [3.05, 3.63) is 22.4 Å². The molecule has 0 radical (unpaired) electrons. The van der Waals surface area contributed by atoms with E-state index in [0.717, 1.165) is 31.6 Å². The zero-order chi connectivity index (χ0) is 13.7. The maximum absolute atomic E-state index is 10.6. The molecule has 19 heavy (non-hydrogen) atoms. The van der Waals surface area contributed by atoms with Gasteiger partial charge in [-0.25, -0.2) is 0 Å². The molecule has 2 rings (SSSR count). The molecule has 0 amide bonds. The van der Waals surface area contributed by atoms with Crippen molar-refractivity contribution in [2.75, 3.05) is 6.61 Å². The van der Waals surface area contributed by atoms with Crippen molar-refractivity contribution in [1.29, 1.82) is 0 Å². The fraction of sp³-hybridized carbons (Fsp3) is 0.750. The van der Waals surface area contributed by atoms with Crippen LogP contribution in [0.15, 0.2) is 16.8 Å². The number of thiophene rings is 1. The summed E-state index contributed by atoms with van der Waals surface area (Å²) in [4.78, 5) is 0. The van der Waals surface area contributed by atoms with Gasteiger partial charge in [0.2, 0.25) is 0 Å². The lowest BCUT2D eigenvalue weighted by Crippen LogP contribution is -2.47. The highest BCUT2D eigenvalue weighted by Gasteiger charge is 2.40. The lowest BCUT2D eigenvalue weighted by Gasteiger charge is -2.42. The maximum atomic E-state index is 10.6. The van der Waals surface area contributed by atoms with Crippen LogP contribution in [0.5, 0.6) is 0 Å². The predicted octanol–water partition coefficient (Wildman–Crippen LogP) is 4.03. The Morgan fingerprint density at radius 1 is 1.47 bits per heavy atom. The van der Waals surface area contributed by atoms with E-state index in [-0.39, 0.29) is 11.7 Å². The molecule has 1 aliphatic rings. The lowest BCUT2D eigenvalue weighted by molar-refractivity contribution is -0.145. The standard InChI is InChI=1S/C16H26O2S/c1-3-18-16(9-6-13(2)7-10-16)15(17)5-4-14-8-11-19-12-14/h8,11-13,15,17H,3-7,9-10H2,1-2H3. The summed E-state index contributed by atoms with van der Waals surface area (Å²) >= 11 is 1.72. The molecule has 0 aliphatic heterocycles. The first kappa shape index (κ1) is 15.0. The SMILES string of the molecule is CCOC1(C(O)CCc2ccsc2)CCC(C)CC1. The van der Waals surface area contributed by atoms with Crippen LogP contribution in [0.3, 0.4) is 0 Å². The second-order valence-corrected chi connectivity index (χ2v) is 6.65. The van der Waals surface area contributed by atoms with Gasteiger partial charge in [0.1, 0.15) is 0 Å². The van der Waals surface area contributed by atoms with Gasteiger partial charge in [-0.2, -0.15) is 11.3 Å². The van der Waals surface area contributed by atoms with Crippen molar-refractivity contribution in [3.63, 3.8) is 0 Å². The Morgan fingerprint density at radius 2 is 2.21 bits per heavy atom. The molecule has 1 aromatic rings. The van der Waals surface area contributed by atoms with E-state index in [4.69, 9.17) is 4.74 Å². The molecule has 1 aliphatic carbocycles. The molecule has 2 nitrogen and oxygen atoms in total. The maximum Gasteiger partial charge on any atom is 0.0940 e. The summed E-state index contributed by atoms with van der Waals surface area (Å²) in [6.07, 6.45) is 5.80. The summed E-state index contributed by atoms with van der Waals surface area (Å²) in [5.74, 6) is 0.776. The first-order chi connectivity index (χ1) is 9.16. The topological polar surface area (TPSA) is 29.5 Å². The van der Waals surface area contributed by atoms with Crippen molar-refractivity contribution in [1.82, 2.24) is 0 Å². The Morgan fingerprint density at radius 3 is 2.79 bits per heavy atom. The lowest BCUT2D eigenvalue weighted by atomic mass is 9.75. The molecule has 0 saturated heterocycles. The van der Waals surface area contributed by atoms with E-state index < -0.39 is 0 Å². The zero-order valence-electron chi connectivity index (χ0n) is 12.1. The number of hydrogen-bond donors (Lipinski definition) is 1. The number of aliphatic hydroxyl groups excluding tert-OH is 1. The summed E-state index contributed by atoms with van der Waals surface area (Å²) in [5.41, 5.74) is 1.05. The quantitative estimate of drug-likeness (QED) is 0.853. The highest BCUT2D eigenvalue weighted by Crippen LogP contribution is 2.38. The third kappa shape index (κ3) is 3.80. The molecule has 1 saturated carbocycles. The fourth-order valence-electron chi connectivity index (χ4n) is 3.11. The number of ether oxygens (including phenoxy) is 1. The van der Waals surface area contributed by atoms with Gasteiger partial charge in [-0.1, -0.05) is 6.92 Å². The van der Waals surface area contributed by atoms with Crippen LogP contribution in [0, 0.1) is 5.92 Å². The Labute approximate surface area is 120 Å². The molecule has 0 spiro atoms. The van der Waals surface area contributed by atoms with Crippen LogP contribution in [0.1, 0.15) is 51.5 Å². The minimum absolute atomic E-state index is 0.280. The van der Waals surface area contributed by atoms with Crippen LogP contribution in [-0.2, 0) is 11.2 Å². The zero-order valence-corrected chi connectivity index (χ0v) is 12.9. The fourth-order valence-corrected chi connectivity index (χ4v) is 3.82. The molecule has 3 heteroatoms. The minimum Gasteiger partial charge on any atom is -0.390 e. The van der Waals surface area contributed by atoms with E-state index in [9.17, 15) is 5.11 Å². The third-order valence-electron chi connectivity index (χ3n) is 4.45. The average Bonchev–Trinajstić information content (AvgIpc) is 2.92. The molecular weight excluding hydrogens is 256 g/mol. The van der Waals surface area contributed by atoms with Crippen molar-refractivity contribution >= 4 is 11.3 Å². The van der Waals surface area contributed by atoms with Gasteiger partial charge in [-0.3, -0.25) is 0 Å². The Bertz CT molecular complexity index is 353. The number of aryl methyl sites for hydroxylation is 1. The smallest absolute Gasteiger partial charge is 0.0940 e. The molecule has 1 unspecified atom stereocenters. The summed E-state index contributed by atoms with van der Waals surface area (Å²) in [6.45, 7) is 5.03. The normalized spacial score (nSPS) is 29.3. The molecule has 0 aromatic carbocycles. The van der Waals surface area contributed by atoms with E-state index in [1.165, 1.54) is 18.4 Å². The van der Waals surface area contributed by atoms with Gasteiger partial charge in [0.25, 0.3) is 0 Å². The molecular formula is C16H26O2S. The Balaban J connectivity index is 1.93. The summed E-state index contributed by atoms with van der Waals surface area (Å²) in [6, 6.07) is 2.15. The van der Waals surface area contributed by atoms with E-state index >= 15 is 0 Å².